The van der Waals surface area contributed by atoms with E-state index in [1.807, 2.05) is 0 Å². The van der Waals surface area contributed by atoms with Crippen LogP contribution < -0.4 is 5.32 Å². The summed E-state index contributed by atoms with van der Waals surface area (Å²) >= 11 is 0. The summed E-state index contributed by atoms with van der Waals surface area (Å²) < 4.78 is 11.7. The standard InChI is InChI=1S/C15H29NO2/c1-12(2)8-16-10-15(6-7-18-13(15)3)11-17-9-14-4-5-14/h12-14,16H,4-11H2,1-3H3. The Morgan fingerprint density at radius 3 is 2.72 bits per heavy atom. The number of nitrogens with one attached hydrogen (secondary N) is 1. The highest BCUT2D eigenvalue weighted by molar-refractivity contribution is 4.91. The molecule has 1 N–H and O–H groups in total. The highest BCUT2D eigenvalue weighted by Gasteiger charge is 2.41. The van der Waals surface area contributed by atoms with Crippen LogP contribution in [0, 0.1) is 17.3 Å². The molecule has 3 nitrogen and oxygen atoms in total. The molecule has 1 aliphatic heterocycles. The van der Waals surface area contributed by atoms with Crippen molar-refractivity contribution < 1.29 is 9.47 Å². The Labute approximate surface area is 112 Å². The van der Waals surface area contributed by atoms with Gasteiger partial charge in [0.2, 0.25) is 0 Å². The van der Waals surface area contributed by atoms with Crippen molar-refractivity contribution in [1.82, 2.24) is 5.32 Å². The molecule has 18 heavy (non-hydrogen) atoms. The largest absolute Gasteiger partial charge is 0.380 e. The Bertz CT molecular complexity index is 243. The van der Waals surface area contributed by atoms with Gasteiger partial charge in [-0.15, -0.1) is 0 Å². The minimum Gasteiger partial charge on any atom is -0.380 e. The van der Waals surface area contributed by atoms with E-state index in [9.17, 15) is 0 Å². The monoisotopic (exact) mass is 255 g/mol. The molecule has 106 valence electrons. The summed E-state index contributed by atoms with van der Waals surface area (Å²) in [6, 6.07) is 0. The fourth-order valence-corrected chi connectivity index (χ4v) is 2.61. The van der Waals surface area contributed by atoms with Gasteiger partial charge in [0.05, 0.1) is 12.7 Å². The Morgan fingerprint density at radius 2 is 2.17 bits per heavy atom. The molecular formula is C15H29NO2. The first kappa shape index (κ1) is 14.3. The summed E-state index contributed by atoms with van der Waals surface area (Å²) in [6.45, 7) is 11.5. The molecule has 0 aromatic carbocycles. The van der Waals surface area contributed by atoms with Crippen LogP contribution >= 0.6 is 0 Å². The molecule has 2 aliphatic rings. The SMILES string of the molecule is CC(C)CNCC1(COCC2CC2)CCOC1C. The van der Waals surface area contributed by atoms with Crippen LogP contribution in [-0.4, -0.2) is 39.0 Å². The predicted molar refractivity (Wildman–Crippen MR) is 73.7 cm³/mol. The van der Waals surface area contributed by atoms with Gasteiger partial charge in [-0.2, -0.15) is 0 Å². The molecule has 1 saturated heterocycles. The lowest BCUT2D eigenvalue weighted by Gasteiger charge is -2.32. The molecule has 2 rings (SSSR count). The van der Waals surface area contributed by atoms with E-state index in [1.165, 1.54) is 12.8 Å². The second-order valence-corrected chi connectivity index (χ2v) is 6.61. The van der Waals surface area contributed by atoms with E-state index in [-0.39, 0.29) is 5.41 Å². The van der Waals surface area contributed by atoms with E-state index in [2.05, 4.69) is 26.1 Å². The first-order valence-electron chi connectivity index (χ1n) is 7.52. The molecule has 3 heteroatoms. The third kappa shape index (κ3) is 3.94. The number of ether oxygens (including phenoxy) is 2. The van der Waals surface area contributed by atoms with Gasteiger partial charge in [-0.05, 0) is 44.6 Å². The van der Waals surface area contributed by atoms with Crippen LogP contribution in [-0.2, 0) is 9.47 Å². The smallest absolute Gasteiger partial charge is 0.0638 e. The topological polar surface area (TPSA) is 30.5 Å². The van der Waals surface area contributed by atoms with Crippen LogP contribution in [0.2, 0.25) is 0 Å². The first-order chi connectivity index (χ1) is 8.62. The number of hydrogen-bond acceptors (Lipinski definition) is 3. The van der Waals surface area contributed by atoms with Crippen molar-refractivity contribution in [1.29, 1.82) is 0 Å². The molecule has 2 fully saturated rings. The Hall–Kier alpha value is -0.120. The number of hydrogen-bond donors (Lipinski definition) is 1. The fourth-order valence-electron chi connectivity index (χ4n) is 2.61. The highest BCUT2D eigenvalue weighted by atomic mass is 16.5. The summed E-state index contributed by atoms with van der Waals surface area (Å²) in [4.78, 5) is 0. The van der Waals surface area contributed by atoms with Gasteiger partial charge < -0.3 is 14.8 Å². The van der Waals surface area contributed by atoms with Gasteiger partial charge >= 0.3 is 0 Å². The Kier molecular flexibility index (Phi) is 5.05. The lowest BCUT2D eigenvalue weighted by molar-refractivity contribution is -0.00927. The molecule has 0 radical (unpaired) electrons. The van der Waals surface area contributed by atoms with Crippen LogP contribution in [0.25, 0.3) is 0 Å². The molecule has 0 amide bonds. The molecule has 1 saturated carbocycles. The molecular weight excluding hydrogens is 226 g/mol. The lowest BCUT2D eigenvalue weighted by atomic mass is 9.82. The molecule has 0 aromatic heterocycles. The van der Waals surface area contributed by atoms with Crippen molar-refractivity contribution in [3.05, 3.63) is 0 Å². The van der Waals surface area contributed by atoms with Crippen molar-refractivity contribution in [2.45, 2.75) is 46.1 Å². The summed E-state index contributed by atoms with van der Waals surface area (Å²) in [5.41, 5.74) is 0.198. The van der Waals surface area contributed by atoms with E-state index in [0.29, 0.717) is 12.0 Å². The lowest BCUT2D eigenvalue weighted by Crippen LogP contribution is -2.44. The quantitative estimate of drug-likeness (QED) is 0.722. The second kappa shape index (κ2) is 6.36. The van der Waals surface area contributed by atoms with Crippen molar-refractivity contribution in [2.75, 3.05) is 32.9 Å². The normalized spacial score (nSPS) is 32.3. The van der Waals surface area contributed by atoms with Crippen molar-refractivity contribution in [3.63, 3.8) is 0 Å². The average molecular weight is 255 g/mol. The van der Waals surface area contributed by atoms with E-state index >= 15 is 0 Å². The molecule has 1 heterocycles. The molecule has 0 aromatic rings. The zero-order valence-corrected chi connectivity index (χ0v) is 12.2. The van der Waals surface area contributed by atoms with E-state index in [0.717, 1.165) is 45.2 Å². The third-order valence-electron chi connectivity index (χ3n) is 4.30. The molecule has 2 atom stereocenters. The van der Waals surface area contributed by atoms with Gasteiger partial charge in [0.1, 0.15) is 0 Å². The zero-order chi connectivity index (χ0) is 13.0. The van der Waals surface area contributed by atoms with Gasteiger partial charge in [-0.3, -0.25) is 0 Å². The molecule has 2 unspecified atom stereocenters. The molecule has 0 spiro atoms. The second-order valence-electron chi connectivity index (χ2n) is 6.61. The first-order valence-corrected chi connectivity index (χ1v) is 7.52. The maximum absolute atomic E-state index is 5.95. The van der Waals surface area contributed by atoms with E-state index < -0.39 is 0 Å². The predicted octanol–water partition coefficient (Wildman–Crippen LogP) is 2.45. The van der Waals surface area contributed by atoms with Crippen LogP contribution in [0.3, 0.4) is 0 Å². The fraction of sp³-hybridized carbons (Fsp3) is 1.00. The van der Waals surface area contributed by atoms with Crippen molar-refractivity contribution in [3.8, 4) is 0 Å². The van der Waals surface area contributed by atoms with Crippen LogP contribution in [0.1, 0.15) is 40.0 Å². The molecule has 0 bridgehead atoms. The van der Waals surface area contributed by atoms with Gasteiger partial charge in [0, 0.05) is 25.2 Å². The Balaban J connectivity index is 1.77. The summed E-state index contributed by atoms with van der Waals surface area (Å²) in [5.74, 6) is 1.55. The van der Waals surface area contributed by atoms with E-state index in [1.54, 1.807) is 0 Å². The zero-order valence-electron chi connectivity index (χ0n) is 12.2. The minimum absolute atomic E-state index is 0.198. The van der Waals surface area contributed by atoms with Crippen LogP contribution in [0.5, 0.6) is 0 Å². The average Bonchev–Trinajstić information content (AvgIpc) is 3.05. The van der Waals surface area contributed by atoms with Crippen LogP contribution in [0.15, 0.2) is 0 Å². The van der Waals surface area contributed by atoms with Gasteiger partial charge in [-0.25, -0.2) is 0 Å². The van der Waals surface area contributed by atoms with Gasteiger partial charge in [0.15, 0.2) is 0 Å². The van der Waals surface area contributed by atoms with Gasteiger partial charge in [-0.1, -0.05) is 13.8 Å². The number of rotatable bonds is 8. The van der Waals surface area contributed by atoms with Gasteiger partial charge in [0.25, 0.3) is 0 Å². The highest BCUT2D eigenvalue weighted by Crippen LogP contribution is 2.36. The van der Waals surface area contributed by atoms with Crippen LogP contribution in [0.4, 0.5) is 0 Å². The maximum Gasteiger partial charge on any atom is 0.0638 e. The Morgan fingerprint density at radius 1 is 1.39 bits per heavy atom. The maximum atomic E-state index is 5.95. The molecule has 1 aliphatic carbocycles. The summed E-state index contributed by atoms with van der Waals surface area (Å²) in [7, 11) is 0. The van der Waals surface area contributed by atoms with E-state index in [4.69, 9.17) is 9.47 Å². The summed E-state index contributed by atoms with van der Waals surface area (Å²) in [5, 5.41) is 3.59. The third-order valence-corrected chi connectivity index (χ3v) is 4.30. The van der Waals surface area contributed by atoms with Crippen molar-refractivity contribution in [2.24, 2.45) is 17.3 Å². The minimum atomic E-state index is 0.198. The van der Waals surface area contributed by atoms with Crippen molar-refractivity contribution >= 4 is 0 Å². The summed E-state index contributed by atoms with van der Waals surface area (Å²) in [6.07, 6.45) is 4.18.